The molecule has 0 aromatic carbocycles. The van der Waals surface area contributed by atoms with Crippen LogP contribution >= 0.6 is 0 Å². The van der Waals surface area contributed by atoms with Crippen LogP contribution in [0.2, 0.25) is 0 Å². The van der Waals surface area contributed by atoms with E-state index in [-0.39, 0.29) is 17.6 Å². The van der Waals surface area contributed by atoms with Gasteiger partial charge in [0, 0.05) is 58.0 Å². The summed E-state index contributed by atoms with van der Waals surface area (Å²) in [6, 6.07) is 6.46. The van der Waals surface area contributed by atoms with Gasteiger partial charge in [0.1, 0.15) is 6.29 Å². The topological polar surface area (TPSA) is 91.5 Å². The van der Waals surface area contributed by atoms with Crippen LogP contribution in [0, 0.1) is 13.8 Å². The first-order valence-corrected chi connectivity index (χ1v) is 14.2. The number of aromatic amines is 2. The Bertz CT molecular complexity index is 1750. The van der Waals surface area contributed by atoms with E-state index < -0.39 is 0 Å². The molecule has 8 bridgehead atoms. The van der Waals surface area contributed by atoms with Crippen LogP contribution in [0.4, 0.5) is 0 Å². The third kappa shape index (κ3) is 3.83. The standard InChI is InChI=1S/C33H36N4O2/c1-7-20-16(3)24-13-26-18(5)22(10-9-11-38)32(36-26)23-12-30(39)31-19(6)27(37-33(23)31)15-29-21(8-2)17(4)25(35-29)14-28(20)34-24/h11,13-15,18,22,34,37H,7-10,12H2,1-6H3/t18-,22+/m1/s1. The fourth-order valence-corrected chi connectivity index (χ4v) is 6.90. The largest absolute Gasteiger partial charge is 0.355 e. The minimum atomic E-state index is 0.0853. The van der Waals surface area contributed by atoms with Gasteiger partial charge in [0.2, 0.25) is 0 Å². The van der Waals surface area contributed by atoms with Gasteiger partial charge < -0.3 is 14.8 Å². The van der Waals surface area contributed by atoms with Gasteiger partial charge in [0.05, 0.1) is 22.6 Å². The lowest BCUT2D eigenvalue weighted by Crippen LogP contribution is -2.05. The summed E-state index contributed by atoms with van der Waals surface area (Å²) in [5, 5.41) is 0. The van der Waals surface area contributed by atoms with Gasteiger partial charge in [-0.3, -0.25) is 9.78 Å². The van der Waals surface area contributed by atoms with E-state index in [1.165, 1.54) is 22.3 Å². The van der Waals surface area contributed by atoms with Crippen LogP contribution in [0.3, 0.4) is 0 Å². The number of allylic oxidation sites excluding steroid dienone is 2. The second kappa shape index (κ2) is 9.44. The van der Waals surface area contributed by atoms with Crippen LogP contribution in [0.25, 0.3) is 33.2 Å². The predicted molar refractivity (Wildman–Crippen MR) is 157 cm³/mol. The molecule has 0 fully saturated rings. The molecular weight excluding hydrogens is 484 g/mol. The van der Waals surface area contributed by atoms with Crippen molar-refractivity contribution < 1.29 is 9.59 Å². The molecule has 0 saturated heterocycles. The lowest BCUT2D eigenvalue weighted by Gasteiger charge is -2.15. The maximum absolute atomic E-state index is 13.4. The third-order valence-electron chi connectivity index (χ3n) is 9.18. The van der Waals surface area contributed by atoms with Crippen molar-refractivity contribution in [3.8, 4) is 0 Å². The summed E-state index contributed by atoms with van der Waals surface area (Å²) in [7, 11) is 0. The first-order chi connectivity index (χ1) is 18.8. The van der Waals surface area contributed by atoms with Crippen LogP contribution in [-0.4, -0.2) is 32.0 Å². The summed E-state index contributed by atoms with van der Waals surface area (Å²) in [5.41, 5.74) is 15.5. The average molecular weight is 521 g/mol. The van der Waals surface area contributed by atoms with E-state index in [1.807, 2.05) is 6.92 Å². The van der Waals surface area contributed by atoms with Gasteiger partial charge in [0.25, 0.3) is 0 Å². The van der Waals surface area contributed by atoms with Gasteiger partial charge in [-0.15, -0.1) is 0 Å². The molecule has 2 aliphatic heterocycles. The first kappa shape index (κ1) is 25.5. The van der Waals surface area contributed by atoms with E-state index in [1.54, 1.807) is 0 Å². The smallest absolute Gasteiger partial charge is 0.169 e. The second-order valence-electron chi connectivity index (χ2n) is 11.2. The molecule has 3 aromatic rings. The summed E-state index contributed by atoms with van der Waals surface area (Å²) < 4.78 is 0. The van der Waals surface area contributed by atoms with Gasteiger partial charge >= 0.3 is 0 Å². The predicted octanol–water partition coefficient (Wildman–Crippen LogP) is 7.44. The minimum absolute atomic E-state index is 0.0853. The monoisotopic (exact) mass is 520 g/mol. The number of carbonyl (C=O) groups is 2. The van der Waals surface area contributed by atoms with Crippen molar-refractivity contribution in [2.24, 2.45) is 0 Å². The molecule has 6 heteroatoms. The minimum Gasteiger partial charge on any atom is -0.355 e. The molecule has 2 atom stereocenters. The third-order valence-corrected chi connectivity index (χ3v) is 9.18. The fourth-order valence-electron chi connectivity index (χ4n) is 6.90. The van der Waals surface area contributed by atoms with E-state index in [4.69, 9.17) is 9.97 Å². The highest BCUT2D eigenvalue weighted by atomic mass is 16.1. The number of nitrogens with zero attached hydrogens (tertiary/aromatic N) is 2. The van der Waals surface area contributed by atoms with E-state index in [0.29, 0.717) is 19.3 Å². The fraction of sp³-hybridized carbons (Fsp3) is 0.394. The average Bonchev–Trinajstić information content (AvgIpc) is 3.65. The normalized spacial score (nSPS) is 18.4. The Morgan fingerprint density at radius 1 is 0.949 bits per heavy atom. The van der Waals surface area contributed by atoms with Crippen molar-refractivity contribution in [2.45, 2.75) is 85.5 Å². The SMILES string of the molecule is CCC1=C(C)c2cc3[nH]c(cc4nc(c5c6[nH]c(cc1n2)c(C)c6C(=O)C5)[C@@H](CCC=O)[C@H]4C)c(C)c3CC. The second-order valence-corrected chi connectivity index (χ2v) is 11.2. The van der Waals surface area contributed by atoms with Gasteiger partial charge in [-0.1, -0.05) is 20.8 Å². The molecule has 0 saturated carbocycles. The first-order valence-electron chi connectivity index (χ1n) is 14.2. The van der Waals surface area contributed by atoms with Crippen LogP contribution in [0.5, 0.6) is 0 Å². The van der Waals surface area contributed by atoms with Crippen molar-refractivity contribution in [3.63, 3.8) is 0 Å². The highest BCUT2D eigenvalue weighted by Gasteiger charge is 2.35. The molecule has 0 amide bonds. The summed E-state index contributed by atoms with van der Waals surface area (Å²) in [5.74, 6) is 0.352. The summed E-state index contributed by atoms with van der Waals surface area (Å²) in [6.07, 6.45) is 4.32. The molecule has 0 unspecified atom stereocenters. The highest BCUT2D eigenvalue weighted by molar-refractivity contribution is 6.13. The van der Waals surface area contributed by atoms with E-state index >= 15 is 0 Å². The number of nitrogens with one attached hydrogen (secondary N) is 2. The molecule has 6 nitrogen and oxygen atoms in total. The van der Waals surface area contributed by atoms with Crippen LogP contribution in [-0.2, 0) is 17.6 Å². The maximum Gasteiger partial charge on any atom is 0.169 e. The Balaban J connectivity index is 1.79. The van der Waals surface area contributed by atoms with Crippen molar-refractivity contribution in [1.29, 1.82) is 0 Å². The quantitative estimate of drug-likeness (QED) is 0.342. The Kier molecular flexibility index (Phi) is 6.17. The Hall–Kier alpha value is -3.80. The van der Waals surface area contributed by atoms with E-state index in [9.17, 15) is 9.59 Å². The summed E-state index contributed by atoms with van der Waals surface area (Å²) in [4.78, 5) is 42.3. The Labute approximate surface area is 229 Å². The van der Waals surface area contributed by atoms with Crippen LogP contribution < -0.4 is 0 Å². The van der Waals surface area contributed by atoms with Gasteiger partial charge in [-0.25, -0.2) is 4.98 Å². The zero-order valence-corrected chi connectivity index (χ0v) is 23.7. The number of carbonyl (C=O) groups excluding carboxylic acids is 2. The van der Waals surface area contributed by atoms with Crippen molar-refractivity contribution >= 4 is 45.3 Å². The number of ketones is 1. The van der Waals surface area contributed by atoms with Gasteiger partial charge in [-0.05, 0) is 86.1 Å². The number of aryl methyl sites for hydroxylation is 3. The maximum atomic E-state index is 13.4. The molecule has 1 aliphatic carbocycles. The number of rotatable bonds is 5. The number of hydrogen-bond donors (Lipinski definition) is 2. The number of H-pyrrole nitrogens is 2. The van der Waals surface area contributed by atoms with Crippen molar-refractivity contribution in [3.05, 3.63) is 68.8 Å². The summed E-state index contributed by atoms with van der Waals surface area (Å²) in [6.45, 7) is 12.9. The molecule has 0 spiro atoms. The number of aromatic nitrogens is 4. The van der Waals surface area contributed by atoms with Gasteiger partial charge in [0.15, 0.2) is 5.78 Å². The highest BCUT2D eigenvalue weighted by Crippen LogP contribution is 2.44. The molecule has 5 heterocycles. The molecule has 39 heavy (non-hydrogen) atoms. The number of hydrogen-bond acceptors (Lipinski definition) is 4. The van der Waals surface area contributed by atoms with Crippen molar-refractivity contribution in [2.75, 3.05) is 0 Å². The van der Waals surface area contributed by atoms with E-state index in [2.05, 4.69) is 62.8 Å². The number of fused-ring (bicyclic) bond motifs is 8. The van der Waals surface area contributed by atoms with E-state index in [0.717, 1.165) is 80.7 Å². The molecular formula is C33H36N4O2. The van der Waals surface area contributed by atoms with Gasteiger partial charge in [-0.2, -0.15) is 0 Å². The lowest BCUT2D eigenvalue weighted by molar-refractivity contribution is -0.108. The molecule has 2 N–H and O–H groups in total. The lowest BCUT2D eigenvalue weighted by atomic mass is 9.86. The molecule has 6 rings (SSSR count). The molecule has 0 radical (unpaired) electrons. The van der Waals surface area contributed by atoms with Crippen molar-refractivity contribution in [1.82, 2.24) is 19.9 Å². The zero-order valence-electron chi connectivity index (χ0n) is 23.7. The summed E-state index contributed by atoms with van der Waals surface area (Å²) >= 11 is 0. The van der Waals surface area contributed by atoms with Crippen LogP contribution in [0.1, 0.15) is 114 Å². The number of aldehydes is 1. The molecule has 3 aromatic heterocycles. The molecule has 200 valence electrons. The zero-order chi connectivity index (χ0) is 27.6. The molecule has 3 aliphatic rings. The number of Topliss-reactive ketones (excluding diaryl/α,β-unsaturated/α-hetero) is 1. The Morgan fingerprint density at radius 3 is 2.41 bits per heavy atom. The Morgan fingerprint density at radius 2 is 1.69 bits per heavy atom. The van der Waals surface area contributed by atoms with Crippen LogP contribution in [0.15, 0.2) is 18.2 Å².